The summed E-state index contributed by atoms with van der Waals surface area (Å²) in [4.78, 5) is 25.5. The Morgan fingerprint density at radius 1 is 1.29 bits per heavy atom. The second-order valence-electron chi connectivity index (χ2n) is 7.61. The number of carbonyl (C=O) groups is 2. The molecule has 1 unspecified atom stereocenters. The summed E-state index contributed by atoms with van der Waals surface area (Å²) in [5.41, 5.74) is 2.04. The van der Waals surface area contributed by atoms with Crippen LogP contribution < -0.4 is 15.8 Å². The quantitative estimate of drug-likeness (QED) is 0.510. The lowest BCUT2D eigenvalue weighted by atomic mass is 9.78. The summed E-state index contributed by atoms with van der Waals surface area (Å²) in [6.45, 7) is -0.0602. The Balaban J connectivity index is 2.11. The fourth-order valence-corrected chi connectivity index (χ4v) is 3.79. The van der Waals surface area contributed by atoms with E-state index in [0.29, 0.717) is 13.0 Å². The molecular weight excluding hydrogens is 489 g/mol. The SMILES string of the molecule is C[C@H](Oc1cc(C2(CO)CCN2C(N)=O)c(F)cc1C(=O)Nc1c(F)cccc1Cl)C(F)(F)F. The lowest BCUT2D eigenvalue weighted by Crippen LogP contribution is -2.63. The zero-order valence-corrected chi connectivity index (χ0v) is 18.3. The molecule has 1 saturated heterocycles. The summed E-state index contributed by atoms with van der Waals surface area (Å²) in [6.07, 6.45) is -7.22. The molecule has 1 aliphatic heterocycles. The van der Waals surface area contributed by atoms with E-state index in [9.17, 15) is 32.3 Å². The lowest BCUT2D eigenvalue weighted by Gasteiger charge is -2.51. The van der Waals surface area contributed by atoms with Crippen molar-refractivity contribution in [3.63, 3.8) is 0 Å². The van der Waals surface area contributed by atoms with Gasteiger partial charge < -0.3 is 25.8 Å². The van der Waals surface area contributed by atoms with Crippen LogP contribution in [0, 0.1) is 11.6 Å². The Bertz CT molecular complexity index is 1110. The molecule has 3 rings (SSSR count). The number of likely N-dealkylation sites (tertiary alicyclic amines) is 1. The molecule has 0 bridgehead atoms. The summed E-state index contributed by atoms with van der Waals surface area (Å²) in [5.74, 6) is -3.98. The van der Waals surface area contributed by atoms with Crippen LogP contribution in [0.5, 0.6) is 5.75 Å². The molecule has 0 saturated carbocycles. The zero-order valence-electron chi connectivity index (χ0n) is 17.5. The number of hydrogen-bond acceptors (Lipinski definition) is 4. The van der Waals surface area contributed by atoms with Crippen LogP contribution in [0.4, 0.5) is 32.4 Å². The smallest absolute Gasteiger partial charge is 0.425 e. The number of amides is 3. The van der Waals surface area contributed by atoms with E-state index in [4.69, 9.17) is 22.1 Å². The minimum atomic E-state index is -4.85. The molecule has 7 nitrogen and oxygen atoms in total. The Hall–Kier alpha value is -3.12. The predicted octanol–water partition coefficient (Wildman–Crippen LogP) is 4.17. The maximum absolute atomic E-state index is 15.2. The first kappa shape index (κ1) is 25.5. The topological polar surface area (TPSA) is 105 Å². The number of anilines is 1. The van der Waals surface area contributed by atoms with Gasteiger partial charge >= 0.3 is 12.2 Å². The molecule has 4 N–H and O–H groups in total. The van der Waals surface area contributed by atoms with Crippen LogP contribution in [0.15, 0.2) is 30.3 Å². The van der Waals surface area contributed by atoms with E-state index in [0.717, 1.165) is 17.0 Å². The van der Waals surface area contributed by atoms with Crippen molar-refractivity contribution in [2.24, 2.45) is 5.73 Å². The van der Waals surface area contributed by atoms with Crippen molar-refractivity contribution in [2.75, 3.05) is 18.5 Å². The number of nitrogens with two attached hydrogens (primary N) is 1. The number of benzene rings is 2. The highest BCUT2D eigenvalue weighted by atomic mass is 35.5. The van der Waals surface area contributed by atoms with Gasteiger partial charge in [0.1, 0.15) is 17.4 Å². The van der Waals surface area contributed by atoms with E-state index in [1.807, 2.05) is 0 Å². The van der Waals surface area contributed by atoms with E-state index < -0.39 is 70.6 Å². The van der Waals surface area contributed by atoms with Crippen molar-refractivity contribution in [3.8, 4) is 5.75 Å². The highest BCUT2D eigenvalue weighted by Crippen LogP contribution is 2.43. The number of ether oxygens (including phenoxy) is 1. The van der Waals surface area contributed by atoms with Crippen LogP contribution in [0.1, 0.15) is 29.3 Å². The molecule has 2 atom stereocenters. The van der Waals surface area contributed by atoms with Crippen molar-refractivity contribution in [3.05, 3.63) is 58.1 Å². The van der Waals surface area contributed by atoms with Crippen molar-refractivity contribution in [1.29, 1.82) is 0 Å². The molecule has 0 spiro atoms. The van der Waals surface area contributed by atoms with E-state index >= 15 is 4.39 Å². The summed E-state index contributed by atoms with van der Waals surface area (Å²) in [7, 11) is 0. The van der Waals surface area contributed by atoms with Gasteiger partial charge in [0.2, 0.25) is 0 Å². The Kier molecular flexibility index (Phi) is 6.94. The van der Waals surface area contributed by atoms with Gasteiger partial charge in [0.15, 0.2) is 6.10 Å². The van der Waals surface area contributed by atoms with Crippen molar-refractivity contribution >= 4 is 29.2 Å². The van der Waals surface area contributed by atoms with Crippen LogP contribution >= 0.6 is 11.6 Å². The van der Waals surface area contributed by atoms with Gasteiger partial charge in [0, 0.05) is 12.1 Å². The molecule has 34 heavy (non-hydrogen) atoms. The van der Waals surface area contributed by atoms with Gasteiger partial charge in [-0.15, -0.1) is 0 Å². The second kappa shape index (κ2) is 9.26. The summed E-state index contributed by atoms with van der Waals surface area (Å²) >= 11 is 5.87. The first-order valence-corrected chi connectivity index (χ1v) is 10.2. The van der Waals surface area contributed by atoms with Crippen molar-refractivity contribution in [1.82, 2.24) is 4.90 Å². The average Bonchev–Trinajstić information content (AvgIpc) is 2.71. The standard InChI is InChI=1S/C21H19ClF5N3O4/c1-10(21(25,26)27)34-16-8-12(20(9-31)5-6-30(20)19(28)33)15(24)7-11(16)18(32)29-17-13(22)3-2-4-14(17)23/h2-4,7-8,10,31H,5-6,9H2,1H3,(H2,28,33)(H,29,32)/t10-,20?/m0/s1. The number of halogens is 6. The number of urea groups is 1. The summed E-state index contributed by atoms with van der Waals surface area (Å²) < 4.78 is 73.7. The number of carbonyl (C=O) groups excluding carboxylic acids is 2. The molecule has 1 aliphatic rings. The third-order valence-corrected chi connectivity index (χ3v) is 5.89. The van der Waals surface area contributed by atoms with Gasteiger partial charge in [-0.3, -0.25) is 4.79 Å². The van der Waals surface area contributed by atoms with Crippen molar-refractivity contribution < 1.29 is 41.4 Å². The van der Waals surface area contributed by atoms with Gasteiger partial charge in [-0.2, -0.15) is 13.2 Å². The van der Waals surface area contributed by atoms with Gasteiger partial charge in [-0.25, -0.2) is 13.6 Å². The molecule has 1 fully saturated rings. The summed E-state index contributed by atoms with van der Waals surface area (Å²) in [6, 6.07) is 3.88. The number of rotatable bonds is 6. The zero-order chi connectivity index (χ0) is 25.4. The highest BCUT2D eigenvalue weighted by molar-refractivity contribution is 6.34. The van der Waals surface area contributed by atoms with Crippen LogP contribution in [0.3, 0.4) is 0 Å². The number of aliphatic hydroxyl groups excluding tert-OH is 1. The number of aliphatic hydroxyl groups is 1. The second-order valence-corrected chi connectivity index (χ2v) is 8.02. The molecule has 1 heterocycles. The van der Waals surface area contributed by atoms with Gasteiger partial charge in [-0.05, 0) is 37.6 Å². The van der Waals surface area contributed by atoms with Crippen LogP contribution in [-0.2, 0) is 5.54 Å². The number of nitrogens with one attached hydrogen (secondary N) is 1. The number of alkyl halides is 3. The molecule has 2 aromatic rings. The molecule has 0 radical (unpaired) electrons. The van der Waals surface area contributed by atoms with Crippen LogP contribution in [0.25, 0.3) is 0 Å². The van der Waals surface area contributed by atoms with Gasteiger partial charge in [0.05, 0.1) is 28.4 Å². The van der Waals surface area contributed by atoms with E-state index in [2.05, 4.69) is 5.32 Å². The normalized spacial score (nSPS) is 18.8. The maximum atomic E-state index is 15.2. The average molecular weight is 508 g/mol. The largest absolute Gasteiger partial charge is 0.480 e. The fraction of sp³-hybridized carbons (Fsp3) is 0.333. The molecule has 13 heteroatoms. The minimum Gasteiger partial charge on any atom is -0.480 e. The molecule has 2 aromatic carbocycles. The van der Waals surface area contributed by atoms with E-state index in [1.54, 1.807) is 0 Å². The third-order valence-electron chi connectivity index (χ3n) is 5.57. The van der Waals surface area contributed by atoms with E-state index in [-0.39, 0.29) is 18.0 Å². The van der Waals surface area contributed by atoms with E-state index in [1.165, 1.54) is 12.1 Å². The number of hydrogen-bond donors (Lipinski definition) is 3. The van der Waals surface area contributed by atoms with Gasteiger partial charge in [-0.1, -0.05) is 17.7 Å². The van der Waals surface area contributed by atoms with Crippen LogP contribution in [-0.4, -0.2) is 47.4 Å². The molecule has 0 aromatic heterocycles. The maximum Gasteiger partial charge on any atom is 0.425 e. The number of primary amides is 1. The van der Waals surface area contributed by atoms with Gasteiger partial charge in [0.25, 0.3) is 5.91 Å². The van der Waals surface area contributed by atoms with Crippen LogP contribution in [0.2, 0.25) is 5.02 Å². The number of para-hydroxylation sites is 1. The first-order chi connectivity index (χ1) is 15.8. The summed E-state index contributed by atoms with van der Waals surface area (Å²) in [5, 5.41) is 11.8. The highest BCUT2D eigenvalue weighted by Gasteiger charge is 2.50. The Morgan fingerprint density at radius 3 is 2.47 bits per heavy atom. The Morgan fingerprint density at radius 2 is 1.97 bits per heavy atom. The minimum absolute atomic E-state index is 0.0496. The molecule has 184 valence electrons. The molecular formula is C21H19ClF5N3O4. The molecule has 3 amide bonds. The van der Waals surface area contributed by atoms with Crippen molar-refractivity contribution in [2.45, 2.75) is 31.2 Å². The first-order valence-electron chi connectivity index (χ1n) is 9.82. The molecule has 0 aliphatic carbocycles. The Labute approximate surface area is 195 Å². The monoisotopic (exact) mass is 507 g/mol. The predicted molar refractivity (Wildman–Crippen MR) is 112 cm³/mol. The lowest BCUT2D eigenvalue weighted by molar-refractivity contribution is -0.189. The fourth-order valence-electron chi connectivity index (χ4n) is 3.58. The number of nitrogens with zero attached hydrogens (tertiary/aromatic N) is 1. The third kappa shape index (κ3) is 4.60.